The summed E-state index contributed by atoms with van der Waals surface area (Å²) in [5, 5.41) is 4.37. The van der Waals surface area contributed by atoms with Gasteiger partial charge in [-0.1, -0.05) is 0 Å². The maximum Gasteiger partial charge on any atom is 0.153 e. The molecule has 13 heavy (non-hydrogen) atoms. The van der Waals surface area contributed by atoms with Crippen LogP contribution in [0.1, 0.15) is 11.4 Å². The standard InChI is InChI=1S/C9H12N4/c1-7-4-8(2)13(11-7)9-5-10-6-12(9)3/h4-6H,1-3H3. The Hall–Kier alpha value is -1.58. The summed E-state index contributed by atoms with van der Waals surface area (Å²) in [6.45, 7) is 4.02. The summed E-state index contributed by atoms with van der Waals surface area (Å²) < 4.78 is 3.84. The Morgan fingerprint density at radius 2 is 2.08 bits per heavy atom. The molecule has 4 heteroatoms. The van der Waals surface area contributed by atoms with Crippen molar-refractivity contribution in [1.29, 1.82) is 0 Å². The Morgan fingerprint density at radius 1 is 1.31 bits per heavy atom. The van der Waals surface area contributed by atoms with Gasteiger partial charge >= 0.3 is 0 Å². The molecule has 2 aromatic rings. The molecule has 0 aromatic carbocycles. The van der Waals surface area contributed by atoms with Crippen LogP contribution in [0.3, 0.4) is 0 Å². The van der Waals surface area contributed by atoms with Crippen molar-refractivity contribution in [3.8, 4) is 5.82 Å². The van der Waals surface area contributed by atoms with E-state index in [0.717, 1.165) is 17.2 Å². The van der Waals surface area contributed by atoms with Crippen LogP contribution < -0.4 is 0 Å². The van der Waals surface area contributed by atoms with Crippen molar-refractivity contribution in [1.82, 2.24) is 19.3 Å². The van der Waals surface area contributed by atoms with Crippen molar-refractivity contribution in [2.24, 2.45) is 7.05 Å². The lowest BCUT2D eigenvalue weighted by molar-refractivity contribution is 0.749. The van der Waals surface area contributed by atoms with Crippen molar-refractivity contribution in [3.05, 3.63) is 30.0 Å². The average molecular weight is 176 g/mol. The number of imidazole rings is 1. The van der Waals surface area contributed by atoms with Crippen LogP contribution in [0.2, 0.25) is 0 Å². The first-order valence-corrected chi connectivity index (χ1v) is 4.18. The van der Waals surface area contributed by atoms with Gasteiger partial charge in [0, 0.05) is 12.7 Å². The van der Waals surface area contributed by atoms with E-state index in [0.29, 0.717) is 0 Å². The third kappa shape index (κ3) is 1.24. The highest BCUT2D eigenvalue weighted by Crippen LogP contribution is 2.09. The highest BCUT2D eigenvalue weighted by atomic mass is 15.3. The smallest absolute Gasteiger partial charge is 0.153 e. The lowest BCUT2D eigenvalue weighted by Crippen LogP contribution is -2.04. The molecule has 0 N–H and O–H groups in total. The van der Waals surface area contributed by atoms with Crippen LogP contribution in [0.25, 0.3) is 5.82 Å². The first-order valence-electron chi connectivity index (χ1n) is 4.18. The van der Waals surface area contributed by atoms with Gasteiger partial charge in [-0.25, -0.2) is 9.67 Å². The average Bonchev–Trinajstić information content (AvgIpc) is 2.58. The lowest BCUT2D eigenvalue weighted by Gasteiger charge is -2.03. The molecule has 0 unspecified atom stereocenters. The van der Waals surface area contributed by atoms with Crippen LogP contribution in [0.4, 0.5) is 0 Å². The summed E-state index contributed by atoms with van der Waals surface area (Å²) in [7, 11) is 1.96. The predicted molar refractivity (Wildman–Crippen MR) is 49.8 cm³/mol. The molecule has 4 nitrogen and oxygen atoms in total. The largest absolute Gasteiger partial charge is 0.319 e. The molecule has 0 spiro atoms. The third-order valence-corrected chi connectivity index (χ3v) is 2.02. The van der Waals surface area contributed by atoms with E-state index in [1.54, 1.807) is 12.5 Å². The van der Waals surface area contributed by atoms with E-state index < -0.39 is 0 Å². The maximum absolute atomic E-state index is 4.37. The topological polar surface area (TPSA) is 35.6 Å². The fourth-order valence-electron chi connectivity index (χ4n) is 1.42. The Labute approximate surface area is 76.8 Å². The van der Waals surface area contributed by atoms with Crippen LogP contribution >= 0.6 is 0 Å². The molecule has 0 radical (unpaired) electrons. The number of aromatic nitrogens is 4. The minimum Gasteiger partial charge on any atom is -0.319 e. The quantitative estimate of drug-likeness (QED) is 0.655. The molecular weight excluding hydrogens is 164 g/mol. The van der Waals surface area contributed by atoms with E-state index >= 15 is 0 Å². The second-order valence-corrected chi connectivity index (χ2v) is 3.20. The third-order valence-electron chi connectivity index (χ3n) is 2.02. The fraction of sp³-hybridized carbons (Fsp3) is 0.333. The van der Waals surface area contributed by atoms with Gasteiger partial charge in [0.2, 0.25) is 0 Å². The minimum atomic E-state index is 0.991. The molecule has 0 amide bonds. The van der Waals surface area contributed by atoms with Gasteiger partial charge in [-0.05, 0) is 19.9 Å². The van der Waals surface area contributed by atoms with Crippen LogP contribution in [0.5, 0.6) is 0 Å². The van der Waals surface area contributed by atoms with Crippen molar-refractivity contribution in [2.45, 2.75) is 13.8 Å². The maximum atomic E-state index is 4.37. The zero-order chi connectivity index (χ0) is 9.42. The van der Waals surface area contributed by atoms with Crippen LogP contribution in [-0.2, 0) is 7.05 Å². The van der Waals surface area contributed by atoms with Gasteiger partial charge < -0.3 is 4.57 Å². The van der Waals surface area contributed by atoms with E-state index in [2.05, 4.69) is 10.1 Å². The van der Waals surface area contributed by atoms with Crippen molar-refractivity contribution in [2.75, 3.05) is 0 Å². The molecular formula is C9H12N4. The second kappa shape index (κ2) is 2.73. The molecule has 0 aliphatic rings. The van der Waals surface area contributed by atoms with Crippen molar-refractivity contribution >= 4 is 0 Å². The number of nitrogens with zero attached hydrogens (tertiary/aromatic N) is 4. The Bertz CT molecular complexity index is 425. The number of rotatable bonds is 1. The molecule has 0 fully saturated rings. The molecule has 0 aliphatic heterocycles. The van der Waals surface area contributed by atoms with E-state index in [9.17, 15) is 0 Å². The van der Waals surface area contributed by atoms with Gasteiger partial charge in [-0.3, -0.25) is 0 Å². The Morgan fingerprint density at radius 3 is 2.54 bits per heavy atom. The fourth-order valence-corrected chi connectivity index (χ4v) is 1.42. The Kier molecular flexibility index (Phi) is 1.69. The molecule has 2 heterocycles. The molecule has 0 saturated carbocycles. The van der Waals surface area contributed by atoms with Crippen molar-refractivity contribution < 1.29 is 0 Å². The highest BCUT2D eigenvalue weighted by Gasteiger charge is 2.05. The summed E-state index contributed by atoms with van der Waals surface area (Å²) in [6, 6.07) is 2.05. The van der Waals surface area contributed by atoms with Gasteiger partial charge in [-0.15, -0.1) is 0 Å². The van der Waals surface area contributed by atoms with E-state index in [4.69, 9.17) is 0 Å². The van der Waals surface area contributed by atoms with E-state index in [-0.39, 0.29) is 0 Å². The SMILES string of the molecule is Cc1cc(C)n(-c2cncn2C)n1. The zero-order valence-electron chi connectivity index (χ0n) is 8.02. The summed E-state index contributed by atoms with van der Waals surface area (Å²) in [6.07, 6.45) is 3.57. The zero-order valence-corrected chi connectivity index (χ0v) is 8.02. The lowest BCUT2D eigenvalue weighted by atomic mass is 10.4. The van der Waals surface area contributed by atoms with Gasteiger partial charge in [0.15, 0.2) is 5.82 Å². The molecule has 0 bridgehead atoms. The van der Waals surface area contributed by atoms with Crippen LogP contribution in [-0.4, -0.2) is 19.3 Å². The molecule has 0 atom stereocenters. The summed E-state index contributed by atoms with van der Waals surface area (Å²) in [4.78, 5) is 4.05. The summed E-state index contributed by atoms with van der Waals surface area (Å²) in [5.74, 6) is 0.991. The van der Waals surface area contributed by atoms with Crippen LogP contribution in [0.15, 0.2) is 18.6 Å². The predicted octanol–water partition coefficient (Wildman–Crippen LogP) is 1.22. The Balaban J connectivity index is 2.58. The second-order valence-electron chi connectivity index (χ2n) is 3.20. The number of hydrogen-bond acceptors (Lipinski definition) is 2. The van der Waals surface area contributed by atoms with Crippen molar-refractivity contribution in [3.63, 3.8) is 0 Å². The van der Waals surface area contributed by atoms with Crippen LogP contribution in [0, 0.1) is 13.8 Å². The molecule has 2 rings (SSSR count). The number of hydrogen-bond donors (Lipinski definition) is 0. The highest BCUT2D eigenvalue weighted by molar-refractivity contribution is 5.23. The minimum absolute atomic E-state index is 0.991. The van der Waals surface area contributed by atoms with E-state index in [1.165, 1.54) is 0 Å². The van der Waals surface area contributed by atoms with E-state index in [1.807, 2.05) is 36.2 Å². The first kappa shape index (κ1) is 8.04. The van der Waals surface area contributed by atoms with Gasteiger partial charge in [-0.2, -0.15) is 5.10 Å². The summed E-state index contributed by atoms with van der Waals surface area (Å²) >= 11 is 0. The normalized spacial score (nSPS) is 10.7. The van der Waals surface area contributed by atoms with Gasteiger partial charge in [0.05, 0.1) is 18.2 Å². The van der Waals surface area contributed by atoms with Gasteiger partial charge in [0.1, 0.15) is 0 Å². The summed E-state index contributed by atoms with van der Waals surface area (Å²) in [5.41, 5.74) is 2.15. The monoisotopic (exact) mass is 176 g/mol. The number of aryl methyl sites for hydroxylation is 3. The first-order chi connectivity index (χ1) is 6.18. The molecule has 68 valence electrons. The molecule has 0 saturated heterocycles. The molecule has 2 aromatic heterocycles. The molecule has 0 aliphatic carbocycles. The van der Waals surface area contributed by atoms with Gasteiger partial charge in [0.25, 0.3) is 0 Å².